The van der Waals surface area contributed by atoms with E-state index >= 15 is 4.79 Å². The van der Waals surface area contributed by atoms with Crippen molar-refractivity contribution in [2.24, 2.45) is 73.4 Å². The van der Waals surface area contributed by atoms with Gasteiger partial charge in [-0.05, 0) is 135 Å². The highest BCUT2D eigenvalue weighted by Gasteiger charge is 2.74. The summed E-state index contributed by atoms with van der Waals surface area (Å²) in [5, 5.41) is 1.83. The van der Waals surface area contributed by atoms with Crippen LogP contribution in [0.4, 0.5) is 0 Å². The number of nitrogens with zero attached hydrogens (tertiary/aromatic N) is 2. The summed E-state index contributed by atoms with van der Waals surface area (Å²) in [7, 11) is -2.64. The van der Waals surface area contributed by atoms with Gasteiger partial charge < -0.3 is 14.4 Å². The molecule has 7 aliphatic carbocycles. The average molecular weight is 785 g/mol. The second-order valence-corrected chi connectivity index (χ2v) is 25.5. The Bertz CT molecular complexity index is 1610. The van der Waals surface area contributed by atoms with Gasteiger partial charge in [0.05, 0.1) is 11.3 Å². The van der Waals surface area contributed by atoms with E-state index in [0.29, 0.717) is 80.0 Å². The van der Waals surface area contributed by atoms with E-state index in [9.17, 15) is 14.2 Å². The highest BCUT2D eigenvalue weighted by molar-refractivity contribution is 7.57. The van der Waals surface area contributed by atoms with Gasteiger partial charge in [-0.2, -0.15) is 5.06 Å². The first-order chi connectivity index (χ1) is 25.6. The molecular weight excluding hydrogens is 711 g/mol. The Morgan fingerprint density at radius 3 is 2.00 bits per heavy atom. The van der Waals surface area contributed by atoms with Gasteiger partial charge in [0.15, 0.2) is 0 Å². The van der Waals surface area contributed by atoms with Crippen LogP contribution in [0.1, 0.15) is 139 Å². The van der Waals surface area contributed by atoms with Crippen molar-refractivity contribution >= 4 is 25.7 Å². The molecule has 1 saturated heterocycles. The van der Waals surface area contributed by atoms with Crippen molar-refractivity contribution in [3.8, 4) is 0 Å². The first-order valence-corrected chi connectivity index (χ1v) is 24.7. The van der Waals surface area contributed by atoms with Crippen molar-refractivity contribution in [3.63, 3.8) is 0 Å². The molecule has 8 fully saturated rings. The molecule has 0 radical (unpaired) electrons. The number of amides is 1. The van der Waals surface area contributed by atoms with Gasteiger partial charge in [-0.3, -0.25) is 18.9 Å². The summed E-state index contributed by atoms with van der Waals surface area (Å²) < 4.78 is 30.0. The Hall–Kier alpha value is -1.44. The van der Waals surface area contributed by atoms with E-state index in [-0.39, 0.29) is 51.2 Å². The number of hydrogen-bond acceptors (Lipinski definition) is 8. The lowest BCUT2D eigenvalue weighted by atomic mass is 9.32. The van der Waals surface area contributed by atoms with E-state index in [1.165, 1.54) is 38.5 Å². The first kappa shape index (κ1) is 40.3. The van der Waals surface area contributed by atoms with Crippen molar-refractivity contribution in [1.29, 1.82) is 0 Å². The molecule has 0 bridgehead atoms. The Kier molecular flexibility index (Phi) is 9.56. The van der Waals surface area contributed by atoms with Crippen LogP contribution in [0, 0.1) is 73.4 Å². The fraction of sp³-hybridized carbons (Fsp3) is 0.933. The van der Waals surface area contributed by atoms with Crippen LogP contribution in [0.15, 0.2) is 0 Å². The summed E-state index contributed by atoms with van der Waals surface area (Å²) in [6.07, 6.45) is 13.9. The highest BCUT2D eigenvalue weighted by Crippen LogP contribution is 2.79. The van der Waals surface area contributed by atoms with Gasteiger partial charge in [0.2, 0.25) is 13.3 Å². The number of carbonyl (C=O) groups excluding carboxylic acids is 3. The van der Waals surface area contributed by atoms with Gasteiger partial charge in [0.1, 0.15) is 12.2 Å². The van der Waals surface area contributed by atoms with Crippen LogP contribution in [-0.4, -0.2) is 80.0 Å². The fourth-order valence-corrected chi connectivity index (χ4v) is 16.6. The molecule has 10 heteroatoms. The summed E-state index contributed by atoms with van der Waals surface area (Å²) in [6, 6.07) is 0. The lowest BCUT2D eigenvalue weighted by Crippen LogP contribution is -2.68. The second kappa shape index (κ2) is 13.0. The third kappa shape index (κ3) is 5.93. The molecule has 7 saturated carbocycles. The molecule has 12 atom stereocenters. The van der Waals surface area contributed by atoms with Gasteiger partial charge in [-0.25, -0.2) is 4.62 Å². The van der Waals surface area contributed by atoms with Gasteiger partial charge >= 0.3 is 5.97 Å². The normalized spacial score (nSPS) is 46.8. The van der Waals surface area contributed by atoms with E-state index < -0.39 is 12.8 Å². The SMILES string of the molecule is CC1([C@@H]2CC[C@]3(C(=O)N4CCN(OP(C)(C)=O)CC4)CC[C@]4(C)[C@H](CC[C@@H]5[C@@]6(C)CC[C@H](OC(=O)[C@H]7C[C@@H](OC=O)C7(C)C)C(C)(C)[C@@H]6CC[C@]54C)[C@@H]23)CC1. The zero-order valence-electron chi connectivity index (χ0n) is 35.9. The molecule has 55 heavy (non-hydrogen) atoms. The monoisotopic (exact) mass is 785 g/mol. The lowest BCUT2D eigenvalue weighted by molar-refractivity contribution is -0.253. The standard InChI is InChI=1S/C45H73N2O7P/c1-39(2)31(27-35(39)52-28-48)37(49)53-34-15-16-42(6)32(40(34,3)4)14-17-44(8)33(42)12-11-30-36-29(41(5)19-20-41)13-18-45(36,22-21-43(30,44)7)38(50)46-23-25-47(26-24-46)54-55(9,10)51/h28-36H,11-27H2,1-10H3/t29-,30-,31-,32+,33-,34+,35-,36-,42+,43-,44-,45+/m1/s1. The molecule has 0 unspecified atom stereocenters. The van der Waals surface area contributed by atoms with Crippen LogP contribution >= 0.6 is 7.37 Å². The zero-order valence-corrected chi connectivity index (χ0v) is 36.8. The Balaban J connectivity index is 1.03. The Morgan fingerprint density at radius 2 is 1.38 bits per heavy atom. The van der Waals surface area contributed by atoms with E-state index in [4.69, 9.17) is 14.1 Å². The predicted octanol–water partition coefficient (Wildman–Crippen LogP) is 8.98. The number of rotatable bonds is 8. The second-order valence-electron chi connectivity index (χ2n) is 22.8. The summed E-state index contributed by atoms with van der Waals surface area (Å²) in [6.45, 7) is 25.6. The van der Waals surface area contributed by atoms with Crippen LogP contribution in [0.5, 0.6) is 0 Å². The van der Waals surface area contributed by atoms with E-state index in [2.05, 4.69) is 46.4 Å². The molecule has 0 aromatic rings. The molecule has 0 spiro atoms. The van der Waals surface area contributed by atoms with Gasteiger partial charge in [0, 0.05) is 50.3 Å². The first-order valence-electron chi connectivity index (χ1n) is 22.2. The quantitative estimate of drug-likeness (QED) is 0.137. The third-order valence-corrected chi connectivity index (χ3v) is 20.1. The topological polar surface area (TPSA) is 102 Å². The van der Waals surface area contributed by atoms with Crippen molar-refractivity contribution in [2.75, 3.05) is 39.5 Å². The molecule has 0 aromatic carbocycles. The minimum Gasteiger partial charge on any atom is -0.464 e. The molecule has 0 aromatic heterocycles. The fourth-order valence-electron chi connectivity index (χ4n) is 15.9. The number of hydrogen-bond donors (Lipinski definition) is 0. The number of hydroxylamine groups is 2. The highest BCUT2D eigenvalue weighted by atomic mass is 31.2. The molecule has 1 aliphatic heterocycles. The number of piperazine rings is 1. The lowest BCUT2D eigenvalue weighted by Gasteiger charge is -2.73. The summed E-state index contributed by atoms with van der Waals surface area (Å²) in [4.78, 5) is 42.0. The van der Waals surface area contributed by atoms with Crippen molar-refractivity contribution in [2.45, 2.75) is 151 Å². The molecule has 8 aliphatic rings. The molecule has 310 valence electrons. The molecule has 1 heterocycles. The van der Waals surface area contributed by atoms with E-state index in [0.717, 1.165) is 38.5 Å². The predicted molar refractivity (Wildman–Crippen MR) is 213 cm³/mol. The molecule has 8 rings (SSSR count). The maximum atomic E-state index is 15.1. The van der Waals surface area contributed by atoms with E-state index in [1.807, 2.05) is 18.9 Å². The van der Waals surface area contributed by atoms with Crippen molar-refractivity contribution in [3.05, 3.63) is 0 Å². The summed E-state index contributed by atoms with van der Waals surface area (Å²) in [5.41, 5.74) is 0.0799. The van der Waals surface area contributed by atoms with Crippen molar-refractivity contribution in [1.82, 2.24) is 9.96 Å². The largest absolute Gasteiger partial charge is 0.464 e. The smallest absolute Gasteiger partial charge is 0.310 e. The summed E-state index contributed by atoms with van der Waals surface area (Å²) >= 11 is 0. The Labute approximate surface area is 331 Å². The van der Waals surface area contributed by atoms with Crippen LogP contribution in [0.2, 0.25) is 0 Å². The van der Waals surface area contributed by atoms with Gasteiger partial charge in [-0.15, -0.1) is 0 Å². The van der Waals surface area contributed by atoms with Crippen LogP contribution < -0.4 is 0 Å². The van der Waals surface area contributed by atoms with Crippen LogP contribution in [-0.2, 0) is 33.0 Å². The van der Waals surface area contributed by atoms with Gasteiger partial charge in [-0.1, -0.05) is 55.4 Å². The van der Waals surface area contributed by atoms with Gasteiger partial charge in [0.25, 0.3) is 6.47 Å². The van der Waals surface area contributed by atoms with Crippen LogP contribution in [0.25, 0.3) is 0 Å². The molecule has 9 nitrogen and oxygen atoms in total. The number of fused-ring (bicyclic) bond motifs is 7. The minimum atomic E-state index is -2.64. The maximum Gasteiger partial charge on any atom is 0.310 e. The molecule has 1 amide bonds. The van der Waals surface area contributed by atoms with Crippen molar-refractivity contribution < 1.29 is 33.0 Å². The Morgan fingerprint density at radius 1 is 0.691 bits per heavy atom. The number of carbonyl (C=O) groups is 3. The third-order valence-electron chi connectivity index (χ3n) is 19.5. The van der Waals surface area contributed by atoms with Crippen LogP contribution in [0.3, 0.4) is 0 Å². The maximum absolute atomic E-state index is 15.1. The molecule has 0 N–H and O–H groups in total. The number of esters is 1. The summed E-state index contributed by atoms with van der Waals surface area (Å²) in [5.74, 6) is 2.73. The van der Waals surface area contributed by atoms with E-state index in [1.54, 1.807) is 13.3 Å². The zero-order chi connectivity index (χ0) is 39.8. The average Bonchev–Trinajstić information content (AvgIpc) is 3.72. The molecular formula is C45H73N2O7P. The number of ether oxygens (including phenoxy) is 2. The minimum absolute atomic E-state index is 0.113.